The number of carbonyl (C=O) groups is 2. The zero-order valence-electron chi connectivity index (χ0n) is 26.6. The van der Waals surface area contributed by atoms with E-state index in [9.17, 15) is 14.0 Å². The van der Waals surface area contributed by atoms with Crippen LogP contribution in [0.15, 0.2) is 48.8 Å². The number of H-pyrrole nitrogens is 1. The van der Waals surface area contributed by atoms with E-state index >= 15 is 0 Å². The molecule has 246 valence electrons. The molecule has 0 aliphatic heterocycles. The summed E-state index contributed by atoms with van der Waals surface area (Å²) in [5, 5.41) is 9.89. The highest BCUT2D eigenvalue weighted by Crippen LogP contribution is 2.39. The quantitative estimate of drug-likeness (QED) is 0.120. The van der Waals surface area contributed by atoms with Gasteiger partial charge in [0.1, 0.15) is 11.8 Å². The van der Waals surface area contributed by atoms with Gasteiger partial charge in [0, 0.05) is 48.9 Å². The molecule has 0 saturated heterocycles. The number of para-hydroxylation sites is 1. The van der Waals surface area contributed by atoms with E-state index in [2.05, 4.69) is 25.9 Å². The number of ether oxygens (including phenoxy) is 1. The molecule has 14 heteroatoms. The third-order valence-electron chi connectivity index (χ3n) is 7.24. The Morgan fingerprint density at radius 3 is 2.50 bits per heavy atom. The topological polar surface area (TPSA) is 128 Å². The lowest BCUT2D eigenvalue weighted by Crippen LogP contribution is -2.46. The van der Waals surface area contributed by atoms with Crippen molar-refractivity contribution < 1.29 is 18.7 Å². The standard InChI is InChI=1S/C32H39Cl2FN8O3/c1-18(2)13-25(39-31(45)29(34)35)30(44)38-23-14-24(27(46-6)15-26(23)43(5)12-11-42(3)4)40-32-37-17-21(33)28(41-32)20-16-36-22-10-8-7-9-19(20)22/h7-10,14-18,25,29,36H,11-13H2,1-6H3,(H,38,44)(H,39,45)(H,37,40,41)/t25-,29?/m0/s1. The lowest BCUT2D eigenvalue weighted by molar-refractivity contribution is -0.128. The van der Waals surface area contributed by atoms with Crippen LogP contribution in [-0.2, 0) is 9.59 Å². The van der Waals surface area contributed by atoms with Crippen LogP contribution < -0.4 is 25.6 Å². The molecule has 0 aliphatic rings. The van der Waals surface area contributed by atoms with Crippen LogP contribution in [-0.4, -0.2) is 84.7 Å². The number of methoxy groups -OCH3 is 1. The summed E-state index contributed by atoms with van der Waals surface area (Å²) in [5.41, 5.74) is 1.55. The first kappa shape index (κ1) is 34.7. The number of nitrogens with one attached hydrogen (secondary N) is 4. The molecule has 46 heavy (non-hydrogen) atoms. The molecule has 0 bridgehead atoms. The van der Waals surface area contributed by atoms with Crippen LogP contribution in [0.4, 0.5) is 27.4 Å². The summed E-state index contributed by atoms with van der Waals surface area (Å²) in [4.78, 5) is 42.0. The van der Waals surface area contributed by atoms with Gasteiger partial charge in [0.2, 0.25) is 11.9 Å². The molecule has 11 nitrogen and oxygen atoms in total. The maximum atomic E-state index is 13.6. The minimum atomic E-state index is -2.28. The molecule has 4 N–H and O–H groups in total. The number of aromatic nitrogens is 3. The van der Waals surface area contributed by atoms with Crippen molar-refractivity contribution in [3.63, 3.8) is 0 Å². The Morgan fingerprint density at radius 2 is 1.83 bits per heavy atom. The van der Waals surface area contributed by atoms with Crippen molar-refractivity contribution in [1.29, 1.82) is 0 Å². The molecular weight excluding hydrogens is 634 g/mol. The Morgan fingerprint density at radius 1 is 1.09 bits per heavy atom. The molecule has 0 saturated carbocycles. The molecule has 2 aromatic carbocycles. The average Bonchev–Trinajstić information content (AvgIpc) is 3.44. The zero-order valence-corrected chi connectivity index (χ0v) is 28.1. The van der Waals surface area contributed by atoms with E-state index in [-0.39, 0.29) is 18.3 Å². The number of alkyl halides is 2. The fourth-order valence-corrected chi connectivity index (χ4v) is 5.14. The highest BCUT2D eigenvalue weighted by atomic mass is 35.5. The van der Waals surface area contributed by atoms with Crippen molar-refractivity contribution >= 4 is 68.9 Å². The number of carbonyl (C=O) groups excluding carboxylic acids is 2. The van der Waals surface area contributed by atoms with Crippen molar-refractivity contribution in [1.82, 2.24) is 25.2 Å². The number of nitrogens with zero attached hydrogens (tertiary/aromatic N) is 4. The van der Waals surface area contributed by atoms with Gasteiger partial charge in [-0.25, -0.2) is 14.4 Å². The summed E-state index contributed by atoms with van der Waals surface area (Å²) in [6.45, 7) is 5.16. The third-order valence-corrected chi connectivity index (χ3v) is 7.72. The lowest BCUT2D eigenvalue weighted by atomic mass is 10.0. The van der Waals surface area contributed by atoms with Gasteiger partial charge in [0.05, 0.1) is 41.1 Å². The van der Waals surface area contributed by atoms with E-state index in [0.29, 0.717) is 40.1 Å². The molecule has 0 spiro atoms. The van der Waals surface area contributed by atoms with E-state index < -0.39 is 23.5 Å². The summed E-state index contributed by atoms with van der Waals surface area (Å²) in [6, 6.07) is 10.3. The third kappa shape index (κ3) is 8.56. The van der Waals surface area contributed by atoms with Crippen LogP contribution in [0, 0.1) is 5.92 Å². The Balaban J connectivity index is 1.73. The second kappa shape index (κ2) is 15.4. The number of fused-ring (bicyclic) bond motifs is 1. The SMILES string of the molecule is COc1cc(N(C)CCN(C)C)c(NC(=O)[C@H](CC(C)C)NC(=O)C(F)Cl)cc1Nc1ncc(Cl)c(-c2c[nH]c3ccccc23)n1. The molecule has 1 unspecified atom stereocenters. The number of benzene rings is 2. The molecule has 0 aliphatic carbocycles. The van der Waals surface area contributed by atoms with Crippen molar-refractivity contribution in [2.45, 2.75) is 31.9 Å². The van der Waals surface area contributed by atoms with Gasteiger partial charge in [-0.1, -0.05) is 55.2 Å². The second-order valence-electron chi connectivity index (χ2n) is 11.5. The van der Waals surface area contributed by atoms with Gasteiger partial charge in [0.15, 0.2) is 0 Å². The maximum absolute atomic E-state index is 13.6. The smallest absolute Gasteiger partial charge is 0.270 e. The van der Waals surface area contributed by atoms with E-state index in [4.69, 9.17) is 32.9 Å². The Labute approximate surface area is 277 Å². The van der Waals surface area contributed by atoms with Gasteiger partial charge in [0.25, 0.3) is 11.5 Å². The number of likely N-dealkylation sites (N-methyl/N-ethyl adjacent to an activating group) is 2. The van der Waals surface area contributed by atoms with Crippen LogP contribution in [0.5, 0.6) is 5.75 Å². The Bertz CT molecular complexity index is 1680. The second-order valence-corrected chi connectivity index (χ2v) is 12.3. The average molecular weight is 674 g/mol. The van der Waals surface area contributed by atoms with Gasteiger partial charge < -0.3 is 35.5 Å². The number of halogens is 3. The van der Waals surface area contributed by atoms with Gasteiger partial charge in [-0.2, -0.15) is 0 Å². The predicted molar refractivity (Wildman–Crippen MR) is 183 cm³/mol. The summed E-state index contributed by atoms with van der Waals surface area (Å²) >= 11 is 11.9. The number of aromatic amines is 1. The zero-order chi connectivity index (χ0) is 33.5. The minimum absolute atomic E-state index is 0.0214. The first-order valence-corrected chi connectivity index (χ1v) is 15.5. The van der Waals surface area contributed by atoms with Crippen LogP contribution in [0.3, 0.4) is 0 Å². The Hall–Kier alpha value is -4.13. The van der Waals surface area contributed by atoms with Gasteiger partial charge in [-0.3, -0.25) is 9.59 Å². The maximum Gasteiger partial charge on any atom is 0.270 e. The summed E-state index contributed by atoms with van der Waals surface area (Å²) in [5.74, 6) is -0.870. The molecule has 2 aromatic heterocycles. The monoisotopic (exact) mass is 672 g/mol. The minimum Gasteiger partial charge on any atom is -0.494 e. The first-order chi connectivity index (χ1) is 21.9. The molecular formula is C32H39Cl2FN8O3. The summed E-state index contributed by atoms with van der Waals surface area (Å²) in [6.07, 6.45) is 3.63. The predicted octanol–water partition coefficient (Wildman–Crippen LogP) is 6.03. The largest absolute Gasteiger partial charge is 0.494 e. The number of anilines is 4. The molecule has 2 atom stereocenters. The van der Waals surface area contributed by atoms with Crippen LogP contribution in [0.1, 0.15) is 20.3 Å². The number of rotatable bonds is 14. The molecule has 4 rings (SSSR count). The van der Waals surface area contributed by atoms with E-state index in [1.165, 1.54) is 13.3 Å². The number of hydrogen-bond acceptors (Lipinski definition) is 8. The number of amides is 2. The van der Waals surface area contributed by atoms with Crippen molar-refractivity contribution in [2.75, 3.05) is 56.9 Å². The van der Waals surface area contributed by atoms with E-state index in [0.717, 1.165) is 23.0 Å². The van der Waals surface area contributed by atoms with E-state index in [1.807, 2.05) is 75.3 Å². The van der Waals surface area contributed by atoms with Crippen LogP contribution >= 0.6 is 23.2 Å². The van der Waals surface area contributed by atoms with Crippen molar-refractivity contribution in [2.24, 2.45) is 5.92 Å². The number of hydrogen-bond donors (Lipinski definition) is 4. The van der Waals surface area contributed by atoms with E-state index in [1.54, 1.807) is 12.1 Å². The molecule has 2 amide bonds. The van der Waals surface area contributed by atoms with Crippen molar-refractivity contribution in [3.8, 4) is 17.0 Å². The Kier molecular flexibility index (Phi) is 11.7. The normalized spacial score (nSPS) is 12.7. The van der Waals surface area contributed by atoms with Crippen LogP contribution in [0.2, 0.25) is 5.02 Å². The van der Waals surface area contributed by atoms with Gasteiger partial charge >= 0.3 is 0 Å². The highest BCUT2D eigenvalue weighted by Gasteiger charge is 2.27. The van der Waals surface area contributed by atoms with Crippen LogP contribution in [0.25, 0.3) is 22.2 Å². The molecule has 4 aromatic rings. The van der Waals surface area contributed by atoms with Gasteiger partial charge in [-0.15, -0.1) is 0 Å². The fraction of sp³-hybridized carbons (Fsp3) is 0.375. The van der Waals surface area contributed by atoms with Crippen molar-refractivity contribution in [3.05, 3.63) is 53.8 Å². The first-order valence-electron chi connectivity index (χ1n) is 14.7. The summed E-state index contributed by atoms with van der Waals surface area (Å²) in [7, 11) is 7.37. The highest BCUT2D eigenvalue weighted by molar-refractivity contribution is 6.33. The lowest BCUT2D eigenvalue weighted by Gasteiger charge is -2.27. The fourth-order valence-electron chi connectivity index (χ4n) is 4.88. The summed E-state index contributed by atoms with van der Waals surface area (Å²) < 4.78 is 19.3. The molecule has 0 radical (unpaired) electrons. The molecule has 2 heterocycles. The van der Waals surface area contributed by atoms with Gasteiger partial charge in [-0.05, 0) is 38.6 Å². The molecule has 0 fully saturated rings.